The van der Waals surface area contributed by atoms with Crippen LogP contribution in [-0.2, 0) is 0 Å². The third kappa shape index (κ3) is 4.29. The van der Waals surface area contributed by atoms with Gasteiger partial charge >= 0.3 is 0 Å². The van der Waals surface area contributed by atoms with Gasteiger partial charge in [0.2, 0.25) is 0 Å². The Hall–Kier alpha value is -2.66. The first kappa shape index (κ1) is 18.1. The summed E-state index contributed by atoms with van der Waals surface area (Å²) in [5.41, 5.74) is 4.83. The number of amides is 1. The fourth-order valence-electron chi connectivity index (χ4n) is 3.02. The van der Waals surface area contributed by atoms with Crippen LogP contribution in [0.25, 0.3) is 22.2 Å². The summed E-state index contributed by atoms with van der Waals surface area (Å²) in [6.07, 6.45) is 1.70. The molecule has 0 fully saturated rings. The van der Waals surface area contributed by atoms with Crippen LogP contribution in [-0.4, -0.2) is 47.5 Å². The summed E-state index contributed by atoms with van der Waals surface area (Å²) in [6.45, 7) is 6.97. The molecule has 0 aliphatic rings. The maximum Gasteiger partial charge on any atom is 0.251 e. The lowest BCUT2D eigenvalue weighted by atomic mass is 10.0. The van der Waals surface area contributed by atoms with Crippen LogP contribution in [0.5, 0.6) is 0 Å². The molecule has 2 N–H and O–H groups in total. The Morgan fingerprint density at radius 1 is 1.19 bits per heavy atom. The van der Waals surface area contributed by atoms with Gasteiger partial charge in [-0.15, -0.1) is 0 Å². The Morgan fingerprint density at radius 2 is 1.92 bits per heavy atom. The van der Waals surface area contributed by atoms with Crippen molar-refractivity contribution in [3.8, 4) is 11.1 Å². The lowest BCUT2D eigenvalue weighted by Gasteiger charge is -2.19. The number of carbonyl (C=O) groups is 1. The molecule has 0 bridgehead atoms. The molecule has 1 atom stereocenters. The van der Waals surface area contributed by atoms with E-state index in [1.165, 1.54) is 0 Å². The summed E-state index contributed by atoms with van der Waals surface area (Å²) in [4.78, 5) is 22.0. The number of nitrogens with zero attached hydrogens (tertiary/aromatic N) is 2. The van der Waals surface area contributed by atoms with Gasteiger partial charge in [0.15, 0.2) is 0 Å². The van der Waals surface area contributed by atoms with Crippen LogP contribution in [0.3, 0.4) is 0 Å². The molecule has 1 heterocycles. The van der Waals surface area contributed by atoms with Crippen molar-refractivity contribution < 1.29 is 4.79 Å². The first-order chi connectivity index (χ1) is 12.6. The highest BCUT2D eigenvalue weighted by molar-refractivity contribution is 5.94. The van der Waals surface area contributed by atoms with Crippen molar-refractivity contribution in [3.63, 3.8) is 0 Å². The number of fused-ring (bicyclic) bond motifs is 1. The van der Waals surface area contributed by atoms with Crippen LogP contribution >= 0.6 is 0 Å². The Bertz CT molecular complexity index is 869. The predicted octanol–water partition coefficient (Wildman–Crippen LogP) is 3.55. The monoisotopic (exact) mass is 350 g/mol. The Labute approximate surface area is 154 Å². The van der Waals surface area contributed by atoms with E-state index in [0.717, 1.165) is 35.2 Å². The molecule has 26 heavy (non-hydrogen) atoms. The number of nitrogens with one attached hydrogen (secondary N) is 2. The third-order valence-corrected chi connectivity index (χ3v) is 4.67. The molecular formula is C21H26N4O. The number of benzene rings is 2. The standard InChI is InChI=1S/C21H26N4O/c1-4-25(3)13-15(2)12-22-21(26)17-7-5-16(6-8-17)18-9-10-19-20(11-18)24-14-23-19/h5-11,14-15H,4,12-13H2,1-3H3,(H,22,26)(H,23,24). The maximum absolute atomic E-state index is 12.4. The van der Waals surface area contributed by atoms with E-state index in [1.807, 2.05) is 36.4 Å². The minimum Gasteiger partial charge on any atom is -0.352 e. The first-order valence-electron chi connectivity index (χ1n) is 9.07. The molecule has 5 nitrogen and oxygen atoms in total. The van der Waals surface area contributed by atoms with Crippen molar-refractivity contribution >= 4 is 16.9 Å². The van der Waals surface area contributed by atoms with Crippen molar-refractivity contribution in [3.05, 3.63) is 54.4 Å². The molecule has 3 aromatic rings. The second kappa shape index (κ2) is 8.15. The minimum absolute atomic E-state index is 0.0217. The second-order valence-electron chi connectivity index (χ2n) is 6.88. The van der Waals surface area contributed by atoms with Gasteiger partial charge in [0.25, 0.3) is 5.91 Å². The van der Waals surface area contributed by atoms with Gasteiger partial charge < -0.3 is 15.2 Å². The van der Waals surface area contributed by atoms with Crippen LogP contribution in [0, 0.1) is 5.92 Å². The van der Waals surface area contributed by atoms with Crippen molar-refractivity contribution in [1.82, 2.24) is 20.2 Å². The smallest absolute Gasteiger partial charge is 0.251 e. The molecule has 0 spiro atoms. The Kier molecular flexibility index (Phi) is 5.68. The number of H-pyrrole nitrogens is 1. The van der Waals surface area contributed by atoms with Gasteiger partial charge in [-0.2, -0.15) is 0 Å². The highest BCUT2D eigenvalue weighted by Crippen LogP contribution is 2.23. The van der Waals surface area contributed by atoms with Crippen LogP contribution in [0.2, 0.25) is 0 Å². The minimum atomic E-state index is -0.0217. The molecule has 0 saturated carbocycles. The summed E-state index contributed by atoms with van der Waals surface area (Å²) in [7, 11) is 2.09. The van der Waals surface area contributed by atoms with Gasteiger partial charge in [0.05, 0.1) is 17.4 Å². The zero-order valence-electron chi connectivity index (χ0n) is 15.6. The summed E-state index contributed by atoms with van der Waals surface area (Å²) in [5, 5.41) is 3.03. The molecule has 3 rings (SSSR count). The van der Waals surface area contributed by atoms with Crippen LogP contribution in [0.4, 0.5) is 0 Å². The highest BCUT2D eigenvalue weighted by atomic mass is 16.1. The van der Waals surface area contributed by atoms with E-state index in [1.54, 1.807) is 6.33 Å². The molecule has 0 saturated heterocycles. The molecule has 1 amide bonds. The number of carbonyl (C=O) groups excluding carboxylic acids is 1. The van der Waals surface area contributed by atoms with Gasteiger partial charge in [-0.1, -0.05) is 32.0 Å². The van der Waals surface area contributed by atoms with Gasteiger partial charge in [-0.25, -0.2) is 4.98 Å². The first-order valence-corrected chi connectivity index (χ1v) is 9.07. The Morgan fingerprint density at radius 3 is 2.65 bits per heavy atom. The summed E-state index contributed by atoms with van der Waals surface area (Å²) in [6, 6.07) is 13.8. The van der Waals surface area contributed by atoms with Crippen LogP contribution in [0.1, 0.15) is 24.2 Å². The number of rotatable bonds is 7. The molecule has 0 aliphatic carbocycles. The van der Waals surface area contributed by atoms with E-state index in [2.05, 4.69) is 47.1 Å². The van der Waals surface area contributed by atoms with E-state index < -0.39 is 0 Å². The maximum atomic E-state index is 12.4. The molecule has 0 radical (unpaired) electrons. The van der Waals surface area contributed by atoms with Crippen LogP contribution in [0.15, 0.2) is 48.8 Å². The van der Waals surface area contributed by atoms with Crippen molar-refractivity contribution in [1.29, 1.82) is 0 Å². The summed E-state index contributed by atoms with van der Waals surface area (Å²) >= 11 is 0. The summed E-state index contributed by atoms with van der Waals surface area (Å²) < 4.78 is 0. The van der Waals surface area contributed by atoms with E-state index in [4.69, 9.17) is 0 Å². The normalized spacial score (nSPS) is 12.5. The van der Waals surface area contributed by atoms with Crippen molar-refractivity contribution in [2.45, 2.75) is 13.8 Å². The molecule has 5 heteroatoms. The molecule has 1 unspecified atom stereocenters. The molecule has 2 aromatic carbocycles. The van der Waals surface area contributed by atoms with Gasteiger partial charge in [0, 0.05) is 18.7 Å². The number of aromatic amines is 1. The SMILES string of the molecule is CCN(C)CC(C)CNC(=O)c1ccc(-c2ccc3nc[nH]c3c2)cc1. The quantitative estimate of drug-likeness (QED) is 0.685. The van der Waals surface area contributed by atoms with Gasteiger partial charge in [0.1, 0.15) is 0 Å². The van der Waals surface area contributed by atoms with E-state index in [0.29, 0.717) is 18.0 Å². The average molecular weight is 350 g/mol. The lowest BCUT2D eigenvalue weighted by molar-refractivity contribution is 0.0945. The largest absolute Gasteiger partial charge is 0.352 e. The zero-order chi connectivity index (χ0) is 18.5. The number of imidazole rings is 1. The van der Waals surface area contributed by atoms with E-state index in [9.17, 15) is 4.79 Å². The molecular weight excluding hydrogens is 324 g/mol. The van der Waals surface area contributed by atoms with Gasteiger partial charge in [-0.3, -0.25) is 4.79 Å². The topological polar surface area (TPSA) is 61.0 Å². The fourth-order valence-corrected chi connectivity index (χ4v) is 3.02. The summed E-state index contributed by atoms with van der Waals surface area (Å²) in [5.74, 6) is 0.399. The number of hydrogen-bond acceptors (Lipinski definition) is 3. The molecule has 136 valence electrons. The van der Waals surface area contributed by atoms with E-state index >= 15 is 0 Å². The average Bonchev–Trinajstić information content (AvgIpc) is 3.14. The predicted molar refractivity (Wildman–Crippen MR) is 106 cm³/mol. The second-order valence-corrected chi connectivity index (χ2v) is 6.88. The van der Waals surface area contributed by atoms with E-state index in [-0.39, 0.29) is 5.91 Å². The van der Waals surface area contributed by atoms with Crippen LogP contribution < -0.4 is 5.32 Å². The molecule has 0 aliphatic heterocycles. The highest BCUT2D eigenvalue weighted by Gasteiger charge is 2.10. The lowest BCUT2D eigenvalue weighted by Crippen LogP contribution is -2.33. The number of hydrogen-bond donors (Lipinski definition) is 2. The van der Waals surface area contributed by atoms with Gasteiger partial charge in [-0.05, 0) is 54.9 Å². The zero-order valence-corrected chi connectivity index (χ0v) is 15.6. The fraction of sp³-hybridized carbons (Fsp3) is 0.333. The van der Waals surface area contributed by atoms with Crippen molar-refractivity contribution in [2.75, 3.05) is 26.7 Å². The van der Waals surface area contributed by atoms with Crippen molar-refractivity contribution in [2.24, 2.45) is 5.92 Å². The number of aromatic nitrogens is 2. The molecule has 1 aromatic heterocycles. The Balaban J connectivity index is 1.62. The third-order valence-electron chi connectivity index (χ3n) is 4.67.